The quantitative estimate of drug-likeness (QED) is 0.806. The molecule has 0 aliphatic heterocycles. The van der Waals surface area contributed by atoms with Gasteiger partial charge in [0.1, 0.15) is 11.6 Å². The van der Waals surface area contributed by atoms with Gasteiger partial charge in [0, 0.05) is 25.1 Å². The summed E-state index contributed by atoms with van der Waals surface area (Å²) in [5, 5.41) is 4.88. The van der Waals surface area contributed by atoms with Gasteiger partial charge in [-0.3, -0.25) is 9.36 Å². The summed E-state index contributed by atoms with van der Waals surface area (Å²) in [7, 11) is 0. The van der Waals surface area contributed by atoms with E-state index in [2.05, 4.69) is 15.3 Å². The van der Waals surface area contributed by atoms with Gasteiger partial charge < -0.3 is 5.32 Å². The van der Waals surface area contributed by atoms with Crippen molar-refractivity contribution in [1.29, 1.82) is 0 Å². The maximum atomic E-state index is 12.1. The third-order valence-electron chi connectivity index (χ3n) is 3.40. The normalized spacial score (nSPS) is 10.6. The highest BCUT2D eigenvalue weighted by Gasteiger charge is 2.10. The number of nitrogens with zero attached hydrogens (tertiary/aromatic N) is 3. The predicted octanol–water partition coefficient (Wildman–Crippen LogP) is 2.88. The fourth-order valence-electron chi connectivity index (χ4n) is 2.19. The number of nitrogens with one attached hydrogen (secondary N) is 1. The molecule has 0 unspecified atom stereocenters. The molecule has 3 heterocycles. The van der Waals surface area contributed by atoms with Crippen LogP contribution in [0.15, 0.2) is 42.2 Å². The van der Waals surface area contributed by atoms with E-state index in [0.717, 1.165) is 27.6 Å². The summed E-state index contributed by atoms with van der Waals surface area (Å²) in [6.07, 6.45) is 5.35. The maximum Gasteiger partial charge on any atom is 0.261 e. The Morgan fingerprint density at radius 2 is 2.14 bits per heavy atom. The number of rotatable bonds is 4. The molecule has 0 aliphatic carbocycles. The SMILES string of the molecule is Cc1ccsc1C(=O)NCc1ccnc(-n2ccnc2C)c1. The van der Waals surface area contributed by atoms with E-state index in [1.165, 1.54) is 11.3 Å². The molecule has 0 aromatic carbocycles. The molecule has 3 aromatic rings. The number of amides is 1. The van der Waals surface area contributed by atoms with Gasteiger partial charge in [-0.25, -0.2) is 9.97 Å². The number of carbonyl (C=O) groups excluding carboxylic acids is 1. The van der Waals surface area contributed by atoms with Gasteiger partial charge in [-0.15, -0.1) is 11.3 Å². The maximum absolute atomic E-state index is 12.1. The molecule has 3 aromatic heterocycles. The number of imidazole rings is 1. The Bertz CT molecular complexity index is 806. The fraction of sp³-hybridized carbons (Fsp3) is 0.188. The number of carbonyl (C=O) groups is 1. The van der Waals surface area contributed by atoms with Crippen molar-refractivity contribution in [3.63, 3.8) is 0 Å². The Kier molecular flexibility index (Phi) is 4.02. The van der Waals surface area contributed by atoms with Crippen molar-refractivity contribution in [3.8, 4) is 5.82 Å². The van der Waals surface area contributed by atoms with Gasteiger partial charge >= 0.3 is 0 Å². The first-order chi connectivity index (χ1) is 10.6. The summed E-state index contributed by atoms with van der Waals surface area (Å²) >= 11 is 1.46. The third-order valence-corrected chi connectivity index (χ3v) is 4.42. The summed E-state index contributed by atoms with van der Waals surface area (Å²) in [5.74, 6) is 1.64. The van der Waals surface area contributed by atoms with E-state index in [1.807, 2.05) is 48.2 Å². The van der Waals surface area contributed by atoms with Gasteiger partial charge in [0.05, 0.1) is 4.88 Å². The lowest BCUT2D eigenvalue weighted by molar-refractivity contribution is 0.0954. The predicted molar refractivity (Wildman–Crippen MR) is 86.3 cm³/mol. The molecule has 0 saturated heterocycles. The van der Waals surface area contributed by atoms with E-state index < -0.39 is 0 Å². The lowest BCUT2D eigenvalue weighted by Crippen LogP contribution is -2.22. The van der Waals surface area contributed by atoms with Crippen LogP contribution in [0.3, 0.4) is 0 Å². The minimum atomic E-state index is -0.0373. The van der Waals surface area contributed by atoms with Crippen LogP contribution in [0.4, 0.5) is 0 Å². The number of hydrogen-bond donors (Lipinski definition) is 1. The van der Waals surface area contributed by atoms with E-state index in [1.54, 1.807) is 12.4 Å². The fourth-order valence-corrected chi connectivity index (χ4v) is 3.03. The first-order valence-corrected chi connectivity index (χ1v) is 7.80. The lowest BCUT2D eigenvalue weighted by atomic mass is 10.2. The monoisotopic (exact) mass is 312 g/mol. The average molecular weight is 312 g/mol. The van der Waals surface area contributed by atoms with Crippen LogP contribution in [0.5, 0.6) is 0 Å². The van der Waals surface area contributed by atoms with Gasteiger partial charge in [0.15, 0.2) is 0 Å². The van der Waals surface area contributed by atoms with Crippen LogP contribution < -0.4 is 5.32 Å². The van der Waals surface area contributed by atoms with Crippen LogP contribution in [-0.4, -0.2) is 20.4 Å². The van der Waals surface area contributed by atoms with Crippen molar-refractivity contribution in [2.75, 3.05) is 0 Å². The Balaban J connectivity index is 1.73. The van der Waals surface area contributed by atoms with Crippen LogP contribution in [0.2, 0.25) is 0 Å². The standard InChI is InChI=1S/C16H16N4OS/c1-11-4-8-22-15(11)16(21)19-10-13-3-5-18-14(9-13)20-7-6-17-12(20)2/h3-9H,10H2,1-2H3,(H,19,21). The van der Waals surface area contributed by atoms with E-state index >= 15 is 0 Å². The van der Waals surface area contributed by atoms with Crippen LogP contribution in [0.1, 0.15) is 26.6 Å². The number of aryl methyl sites for hydroxylation is 2. The highest BCUT2D eigenvalue weighted by Crippen LogP contribution is 2.15. The topological polar surface area (TPSA) is 59.8 Å². The van der Waals surface area contributed by atoms with Gasteiger partial charge in [-0.2, -0.15) is 0 Å². The lowest BCUT2D eigenvalue weighted by Gasteiger charge is -2.08. The molecule has 0 radical (unpaired) electrons. The number of aromatic nitrogens is 3. The van der Waals surface area contributed by atoms with Crippen molar-refractivity contribution >= 4 is 17.2 Å². The smallest absolute Gasteiger partial charge is 0.261 e. The second-order valence-corrected chi connectivity index (χ2v) is 5.90. The Hall–Kier alpha value is -2.47. The van der Waals surface area contributed by atoms with Gasteiger partial charge in [0.25, 0.3) is 5.91 Å². The molecule has 3 rings (SSSR count). The second-order valence-electron chi connectivity index (χ2n) is 4.98. The molecule has 22 heavy (non-hydrogen) atoms. The average Bonchev–Trinajstić information content (AvgIpc) is 3.13. The van der Waals surface area contributed by atoms with Crippen LogP contribution in [0.25, 0.3) is 5.82 Å². The zero-order chi connectivity index (χ0) is 15.5. The third kappa shape index (κ3) is 2.92. The van der Waals surface area contributed by atoms with Crippen molar-refractivity contribution in [1.82, 2.24) is 19.9 Å². The Morgan fingerprint density at radius 3 is 2.82 bits per heavy atom. The zero-order valence-electron chi connectivity index (χ0n) is 12.4. The molecule has 0 saturated carbocycles. The van der Waals surface area contributed by atoms with Crippen molar-refractivity contribution in [3.05, 3.63) is 64.0 Å². The van der Waals surface area contributed by atoms with Crippen LogP contribution in [-0.2, 0) is 6.54 Å². The van der Waals surface area contributed by atoms with Gasteiger partial charge in [-0.05, 0) is 48.6 Å². The molecule has 0 aliphatic rings. The number of pyridine rings is 1. The molecule has 1 amide bonds. The summed E-state index contributed by atoms with van der Waals surface area (Å²) in [4.78, 5) is 21.4. The van der Waals surface area contributed by atoms with E-state index in [0.29, 0.717) is 6.54 Å². The van der Waals surface area contributed by atoms with E-state index in [-0.39, 0.29) is 5.91 Å². The molecular weight excluding hydrogens is 296 g/mol. The summed E-state index contributed by atoms with van der Waals surface area (Å²) in [5.41, 5.74) is 2.01. The van der Waals surface area contributed by atoms with E-state index in [4.69, 9.17) is 0 Å². The summed E-state index contributed by atoms with van der Waals surface area (Å²) < 4.78 is 1.91. The Labute approximate surface area is 132 Å². The minimum absolute atomic E-state index is 0.0373. The molecule has 6 heteroatoms. The minimum Gasteiger partial charge on any atom is -0.347 e. The molecule has 0 bridgehead atoms. The molecule has 0 atom stereocenters. The van der Waals surface area contributed by atoms with Gasteiger partial charge in [0.2, 0.25) is 0 Å². The van der Waals surface area contributed by atoms with Gasteiger partial charge in [-0.1, -0.05) is 0 Å². The van der Waals surface area contributed by atoms with Crippen LogP contribution >= 0.6 is 11.3 Å². The molecule has 1 N–H and O–H groups in total. The molecule has 5 nitrogen and oxygen atoms in total. The first-order valence-electron chi connectivity index (χ1n) is 6.92. The molecule has 112 valence electrons. The highest BCUT2D eigenvalue weighted by atomic mass is 32.1. The Morgan fingerprint density at radius 1 is 1.27 bits per heavy atom. The molecule has 0 fully saturated rings. The first kappa shape index (κ1) is 14.5. The molecule has 0 spiro atoms. The zero-order valence-corrected chi connectivity index (χ0v) is 13.2. The van der Waals surface area contributed by atoms with Crippen molar-refractivity contribution < 1.29 is 4.79 Å². The van der Waals surface area contributed by atoms with Crippen LogP contribution in [0, 0.1) is 13.8 Å². The second kappa shape index (κ2) is 6.11. The van der Waals surface area contributed by atoms with Crippen molar-refractivity contribution in [2.45, 2.75) is 20.4 Å². The highest BCUT2D eigenvalue weighted by molar-refractivity contribution is 7.12. The molecular formula is C16H16N4OS. The number of thiophene rings is 1. The summed E-state index contributed by atoms with van der Waals surface area (Å²) in [6.45, 7) is 4.34. The largest absolute Gasteiger partial charge is 0.347 e. The van der Waals surface area contributed by atoms with Crippen molar-refractivity contribution in [2.24, 2.45) is 0 Å². The number of hydrogen-bond acceptors (Lipinski definition) is 4. The van der Waals surface area contributed by atoms with E-state index in [9.17, 15) is 4.79 Å². The summed E-state index contributed by atoms with van der Waals surface area (Å²) in [6, 6.07) is 5.81.